The van der Waals surface area contributed by atoms with Gasteiger partial charge in [0, 0.05) is 20.6 Å². The summed E-state index contributed by atoms with van der Waals surface area (Å²) in [6.45, 7) is 4.28. The summed E-state index contributed by atoms with van der Waals surface area (Å²) < 4.78 is 31.0. The van der Waals surface area contributed by atoms with Crippen molar-refractivity contribution in [3.05, 3.63) is 18.2 Å². The molecule has 0 aromatic heterocycles. The number of nitrogens with zero attached hydrogens (tertiary/aromatic N) is 2. The third-order valence-electron chi connectivity index (χ3n) is 4.33. The van der Waals surface area contributed by atoms with Gasteiger partial charge in [-0.3, -0.25) is 9.69 Å². The van der Waals surface area contributed by atoms with E-state index in [2.05, 4.69) is 17.1 Å². The highest BCUT2D eigenvalue weighted by atomic mass is 32.2. The van der Waals surface area contributed by atoms with Crippen LogP contribution < -0.4 is 10.1 Å². The van der Waals surface area contributed by atoms with Crippen LogP contribution in [0.15, 0.2) is 23.1 Å². The van der Waals surface area contributed by atoms with E-state index < -0.39 is 10.0 Å². The van der Waals surface area contributed by atoms with Crippen molar-refractivity contribution in [2.75, 3.05) is 46.2 Å². The average Bonchev–Trinajstić information content (AvgIpc) is 2.54. The topological polar surface area (TPSA) is 79.0 Å². The largest absolute Gasteiger partial charge is 0.495 e. The minimum Gasteiger partial charge on any atom is -0.495 e. The number of benzene rings is 1. The van der Waals surface area contributed by atoms with Gasteiger partial charge < -0.3 is 10.1 Å². The van der Waals surface area contributed by atoms with E-state index in [-0.39, 0.29) is 17.3 Å². The zero-order valence-electron chi connectivity index (χ0n) is 15.3. The van der Waals surface area contributed by atoms with E-state index in [1.165, 1.54) is 39.8 Å². The number of carbonyl (C=O) groups excluding carboxylic acids is 1. The van der Waals surface area contributed by atoms with E-state index in [4.69, 9.17) is 4.74 Å². The van der Waals surface area contributed by atoms with Crippen LogP contribution in [0, 0.1) is 5.92 Å². The second-order valence-electron chi connectivity index (χ2n) is 6.68. The highest BCUT2D eigenvalue weighted by Gasteiger charge is 2.22. The van der Waals surface area contributed by atoms with E-state index in [0.29, 0.717) is 17.4 Å². The molecular weight excluding hydrogens is 342 g/mol. The Hall–Kier alpha value is -1.64. The smallest absolute Gasteiger partial charge is 0.242 e. The highest BCUT2D eigenvalue weighted by molar-refractivity contribution is 7.89. The molecule has 0 spiro atoms. The van der Waals surface area contributed by atoms with Gasteiger partial charge in [0.05, 0.1) is 24.2 Å². The van der Waals surface area contributed by atoms with Gasteiger partial charge in [0.2, 0.25) is 15.9 Å². The molecule has 140 valence electrons. The van der Waals surface area contributed by atoms with Crippen LogP contribution in [-0.4, -0.2) is 64.4 Å². The Bertz CT molecular complexity index is 719. The number of hydrogen-bond acceptors (Lipinski definition) is 5. The summed E-state index contributed by atoms with van der Waals surface area (Å²) in [5.74, 6) is 0.842. The van der Waals surface area contributed by atoms with Crippen LogP contribution in [0.4, 0.5) is 5.69 Å². The second kappa shape index (κ2) is 8.16. The van der Waals surface area contributed by atoms with Gasteiger partial charge >= 0.3 is 0 Å². The molecule has 0 radical (unpaired) electrons. The first kappa shape index (κ1) is 19.7. The molecule has 1 amide bonds. The van der Waals surface area contributed by atoms with Crippen molar-refractivity contribution in [3.63, 3.8) is 0 Å². The molecule has 2 rings (SSSR count). The molecule has 0 saturated carbocycles. The first-order chi connectivity index (χ1) is 11.7. The molecule has 1 saturated heterocycles. The number of anilines is 1. The van der Waals surface area contributed by atoms with Crippen molar-refractivity contribution in [1.82, 2.24) is 9.21 Å². The summed E-state index contributed by atoms with van der Waals surface area (Å²) in [6.07, 6.45) is 2.28. The Balaban J connectivity index is 2.15. The van der Waals surface area contributed by atoms with Crippen molar-refractivity contribution >= 4 is 21.6 Å². The summed E-state index contributed by atoms with van der Waals surface area (Å²) in [4.78, 5) is 14.6. The zero-order chi connectivity index (χ0) is 18.6. The number of amides is 1. The van der Waals surface area contributed by atoms with Gasteiger partial charge in [-0.25, -0.2) is 12.7 Å². The number of ether oxygens (including phenoxy) is 1. The number of likely N-dealkylation sites (tertiary alicyclic amines) is 1. The number of rotatable bonds is 6. The van der Waals surface area contributed by atoms with Gasteiger partial charge in [-0.2, -0.15) is 0 Å². The molecule has 0 aliphatic carbocycles. The lowest BCUT2D eigenvalue weighted by Gasteiger charge is -2.30. The van der Waals surface area contributed by atoms with Crippen LogP contribution in [0.25, 0.3) is 0 Å². The summed E-state index contributed by atoms with van der Waals surface area (Å²) in [5, 5.41) is 2.79. The SMILES string of the molecule is COc1ccc(S(=O)(=O)N(C)C)cc1NC(=O)CN1CCC[C@H](C)C1. The standard InChI is InChI=1S/C17H27N3O4S/c1-13-6-5-9-20(11-13)12-17(21)18-15-10-14(7-8-16(15)24-4)25(22,23)19(2)3/h7-8,10,13H,5-6,9,11-12H2,1-4H3,(H,18,21)/t13-/m0/s1. The zero-order valence-corrected chi connectivity index (χ0v) is 16.1. The van der Waals surface area contributed by atoms with Crippen molar-refractivity contribution < 1.29 is 17.9 Å². The summed E-state index contributed by atoms with van der Waals surface area (Å²) in [7, 11) is 0.840. The van der Waals surface area contributed by atoms with Crippen LogP contribution in [-0.2, 0) is 14.8 Å². The van der Waals surface area contributed by atoms with Crippen molar-refractivity contribution in [2.24, 2.45) is 5.92 Å². The van der Waals surface area contributed by atoms with Crippen LogP contribution in [0.5, 0.6) is 5.75 Å². The molecule has 1 N–H and O–H groups in total. The number of methoxy groups -OCH3 is 1. The van der Waals surface area contributed by atoms with Crippen LogP contribution >= 0.6 is 0 Å². The Kier molecular flexibility index (Phi) is 6.42. The monoisotopic (exact) mass is 369 g/mol. The molecule has 0 bridgehead atoms. The van der Waals surface area contributed by atoms with E-state index in [1.807, 2.05) is 0 Å². The molecule has 7 nitrogen and oxygen atoms in total. The number of nitrogens with one attached hydrogen (secondary N) is 1. The Morgan fingerprint density at radius 3 is 2.72 bits per heavy atom. The molecule has 1 aliphatic rings. The number of hydrogen-bond donors (Lipinski definition) is 1. The molecule has 1 aromatic carbocycles. The molecule has 8 heteroatoms. The minimum absolute atomic E-state index is 0.111. The number of carbonyl (C=O) groups is 1. The molecule has 0 unspecified atom stereocenters. The van der Waals surface area contributed by atoms with E-state index in [9.17, 15) is 13.2 Å². The first-order valence-electron chi connectivity index (χ1n) is 8.37. The predicted molar refractivity (Wildman–Crippen MR) is 97.3 cm³/mol. The molecule has 1 heterocycles. The second-order valence-corrected chi connectivity index (χ2v) is 8.83. The lowest BCUT2D eigenvalue weighted by molar-refractivity contribution is -0.117. The van der Waals surface area contributed by atoms with E-state index in [0.717, 1.165) is 23.8 Å². The van der Waals surface area contributed by atoms with E-state index >= 15 is 0 Å². The maximum absolute atomic E-state index is 12.4. The van der Waals surface area contributed by atoms with Crippen LogP contribution in [0.1, 0.15) is 19.8 Å². The summed E-state index contributed by atoms with van der Waals surface area (Å²) in [6, 6.07) is 4.45. The van der Waals surface area contributed by atoms with E-state index in [1.54, 1.807) is 6.07 Å². The van der Waals surface area contributed by atoms with Gasteiger partial charge in [0.15, 0.2) is 0 Å². The fourth-order valence-corrected chi connectivity index (χ4v) is 3.91. The Morgan fingerprint density at radius 2 is 2.12 bits per heavy atom. The maximum atomic E-state index is 12.4. The van der Waals surface area contributed by atoms with Crippen LogP contribution in [0.2, 0.25) is 0 Å². The third-order valence-corrected chi connectivity index (χ3v) is 6.14. The van der Waals surface area contributed by atoms with Crippen molar-refractivity contribution in [1.29, 1.82) is 0 Å². The molecule has 1 aliphatic heterocycles. The molecule has 1 aromatic rings. The quantitative estimate of drug-likeness (QED) is 0.824. The fraction of sp³-hybridized carbons (Fsp3) is 0.588. The van der Waals surface area contributed by atoms with Gasteiger partial charge in [-0.15, -0.1) is 0 Å². The van der Waals surface area contributed by atoms with Crippen molar-refractivity contribution in [2.45, 2.75) is 24.7 Å². The molecular formula is C17H27N3O4S. The van der Waals surface area contributed by atoms with Crippen molar-refractivity contribution in [3.8, 4) is 5.75 Å². The Morgan fingerprint density at radius 1 is 1.40 bits per heavy atom. The number of sulfonamides is 1. The predicted octanol–water partition coefficient (Wildman–Crippen LogP) is 1.62. The fourth-order valence-electron chi connectivity index (χ4n) is 2.98. The highest BCUT2D eigenvalue weighted by Crippen LogP contribution is 2.28. The average molecular weight is 369 g/mol. The Labute approximate surface area is 150 Å². The van der Waals surface area contributed by atoms with Gasteiger partial charge in [-0.05, 0) is 43.5 Å². The molecule has 1 fully saturated rings. The third kappa shape index (κ3) is 4.93. The molecule has 25 heavy (non-hydrogen) atoms. The number of piperidine rings is 1. The molecule has 1 atom stereocenters. The lowest BCUT2D eigenvalue weighted by Crippen LogP contribution is -2.39. The maximum Gasteiger partial charge on any atom is 0.242 e. The minimum atomic E-state index is -3.58. The summed E-state index contributed by atoms with van der Waals surface area (Å²) in [5.41, 5.74) is 0.362. The summed E-state index contributed by atoms with van der Waals surface area (Å²) >= 11 is 0. The van der Waals surface area contributed by atoms with Gasteiger partial charge in [0.1, 0.15) is 5.75 Å². The van der Waals surface area contributed by atoms with Crippen LogP contribution in [0.3, 0.4) is 0 Å². The lowest BCUT2D eigenvalue weighted by atomic mass is 10.0. The normalized spacial score (nSPS) is 19.0. The first-order valence-corrected chi connectivity index (χ1v) is 9.81. The van der Waals surface area contributed by atoms with Gasteiger partial charge in [-0.1, -0.05) is 6.92 Å². The van der Waals surface area contributed by atoms with Gasteiger partial charge in [0.25, 0.3) is 0 Å².